The molecule has 0 aliphatic heterocycles. The van der Waals surface area contributed by atoms with Crippen LogP contribution in [-0.2, 0) is 0 Å². The Morgan fingerprint density at radius 3 is 1.42 bits per heavy atom. The van der Waals surface area contributed by atoms with E-state index in [1.165, 1.54) is 61.2 Å². The third kappa shape index (κ3) is 5.78. The van der Waals surface area contributed by atoms with Gasteiger partial charge in [-0.05, 0) is 75.9 Å². The molecule has 2 fully saturated rings. The predicted octanol–water partition coefficient (Wildman–Crippen LogP) is 7.69. The molecule has 2 amide bonds. The number of anilines is 2. The van der Waals surface area contributed by atoms with Crippen LogP contribution in [0.5, 0.6) is 0 Å². The van der Waals surface area contributed by atoms with E-state index in [4.69, 9.17) is 11.5 Å². The fourth-order valence-corrected chi connectivity index (χ4v) is 9.69. The van der Waals surface area contributed by atoms with Crippen LogP contribution in [0.2, 0.25) is 0 Å². The highest BCUT2D eigenvalue weighted by molar-refractivity contribution is 7.19. The van der Waals surface area contributed by atoms with E-state index in [9.17, 15) is 9.59 Å². The van der Waals surface area contributed by atoms with Crippen LogP contribution in [0.25, 0.3) is 32.0 Å². The molecule has 6 aromatic rings. The highest BCUT2D eigenvalue weighted by Gasteiger charge is 2.28. The minimum atomic E-state index is 0.118. The van der Waals surface area contributed by atoms with Gasteiger partial charge in [0.15, 0.2) is 9.92 Å². The minimum Gasteiger partial charge on any atom is -0.399 e. The van der Waals surface area contributed by atoms with E-state index in [-0.39, 0.29) is 11.8 Å². The van der Waals surface area contributed by atoms with Crippen LogP contribution in [0, 0.1) is 13.8 Å². The van der Waals surface area contributed by atoms with Crippen molar-refractivity contribution in [3.63, 3.8) is 0 Å². The van der Waals surface area contributed by atoms with Crippen LogP contribution in [0.15, 0.2) is 36.4 Å². The van der Waals surface area contributed by atoms with Crippen LogP contribution in [0.1, 0.15) is 94.9 Å². The average molecular weight is 685 g/mol. The second kappa shape index (κ2) is 13.0. The van der Waals surface area contributed by atoms with Gasteiger partial charge in [-0.3, -0.25) is 18.4 Å². The Morgan fingerprint density at radius 2 is 1.04 bits per heavy atom. The zero-order valence-electron chi connectivity index (χ0n) is 28.2. The number of thiazole rings is 2. The van der Waals surface area contributed by atoms with E-state index >= 15 is 0 Å². The number of hydrogen-bond acceptors (Lipinski definition) is 8. The van der Waals surface area contributed by atoms with Crippen LogP contribution in [-0.4, -0.2) is 66.6 Å². The maximum absolute atomic E-state index is 13.0. The maximum atomic E-state index is 13.0. The number of aryl methyl sites for hydroxylation is 2. The van der Waals surface area contributed by atoms with Crippen LogP contribution >= 0.6 is 22.7 Å². The second-order valence-electron chi connectivity index (χ2n) is 13.4. The van der Waals surface area contributed by atoms with E-state index in [2.05, 4.69) is 18.8 Å². The lowest BCUT2D eigenvalue weighted by molar-refractivity contribution is 0.0692. The van der Waals surface area contributed by atoms with Gasteiger partial charge in [0.1, 0.15) is 9.75 Å². The Morgan fingerprint density at radius 1 is 0.667 bits per heavy atom. The van der Waals surface area contributed by atoms with Gasteiger partial charge in [-0.25, -0.2) is 9.97 Å². The zero-order valence-corrected chi connectivity index (χ0v) is 29.8. The second-order valence-corrected chi connectivity index (χ2v) is 15.4. The van der Waals surface area contributed by atoms with Gasteiger partial charge >= 0.3 is 0 Å². The third-order valence-electron chi connectivity index (χ3n) is 10.3. The van der Waals surface area contributed by atoms with E-state index in [1.54, 1.807) is 0 Å². The Hall–Kier alpha value is -4.16. The standard InChI is InChI=1S/2C18H22N4OS/c2*1-11-16(17(23)21(2)13-6-4-3-5-7-13)24-18-20-14-9-8-12(19)10-15(14)22(11)18/h2*8-10,13H,3-7,19H2,1-2H3. The number of rotatable bonds is 4. The molecule has 4 heterocycles. The molecule has 0 unspecified atom stereocenters. The number of hydrogen-bond donors (Lipinski definition) is 2. The monoisotopic (exact) mass is 684 g/mol. The normalized spacial score (nSPS) is 16.1. The van der Waals surface area contributed by atoms with Gasteiger partial charge in [-0.1, -0.05) is 61.2 Å². The van der Waals surface area contributed by atoms with Gasteiger partial charge in [0.25, 0.3) is 11.8 Å². The summed E-state index contributed by atoms with van der Waals surface area (Å²) in [7, 11) is 3.88. The third-order valence-corrected chi connectivity index (χ3v) is 12.5. The number of amides is 2. The number of nitrogen functional groups attached to an aromatic ring is 2. The number of nitrogens with zero attached hydrogens (tertiary/aromatic N) is 6. The molecule has 2 saturated carbocycles. The number of fused-ring (bicyclic) bond motifs is 6. The van der Waals surface area contributed by atoms with E-state index in [0.717, 1.165) is 78.8 Å². The molecule has 8 rings (SSSR count). The van der Waals surface area contributed by atoms with Crippen molar-refractivity contribution in [3.05, 3.63) is 57.5 Å². The summed E-state index contributed by atoms with van der Waals surface area (Å²) in [6, 6.07) is 12.2. The lowest BCUT2D eigenvalue weighted by Crippen LogP contribution is -2.38. The first-order chi connectivity index (χ1) is 23.1. The lowest BCUT2D eigenvalue weighted by Gasteiger charge is -2.31. The Kier molecular flexibility index (Phi) is 8.80. The maximum Gasteiger partial charge on any atom is 0.265 e. The van der Waals surface area contributed by atoms with Gasteiger partial charge in [-0.2, -0.15) is 0 Å². The highest BCUT2D eigenvalue weighted by atomic mass is 32.1. The molecule has 48 heavy (non-hydrogen) atoms. The van der Waals surface area contributed by atoms with Crippen molar-refractivity contribution >= 4 is 77.9 Å². The summed E-state index contributed by atoms with van der Waals surface area (Å²) in [6.45, 7) is 3.99. The molecular formula is C36H44N8O2S2. The van der Waals surface area contributed by atoms with Gasteiger partial charge in [0, 0.05) is 48.9 Å². The average Bonchev–Trinajstić information content (AvgIpc) is 3.83. The first kappa shape index (κ1) is 32.4. The Labute approximate surface area is 288 Å². The smallest absolute Gasteiger partial charge is 0.265 e. The molecule has 2 aliphatic rings. The molecule has 0 radical (unpaired) electrons. The van der Waals surface area contributed by atoms with Crippen molar-refractivity contribution in [2.75, 3.05) is 25.6 Å². The fraction of sp³-hybridized carbons (Fsp3) is 0.444. The first-order valence-electron chi connectivity index (χ1n) is 17.0. The summed E-state index contributed by atoms with van der Waals surface area (Å²) in [6.07, 6.45) is 11.9. The van der Waals surface area contributed by atoms with Crippen molar-refractivity contribution in [1.82, 2.24) is 28.6 Å². The number of benzene rings is 2. The van der Waals surface area contributed by atoms with Crippen LogP contribution in [0.4, 0.5) is 11.4 Å². The molecule has 4 aromatic heterocycles. The molecule has 2 aromatic carbocycles. The lowest BCUT2D eigenvalue weighted by atomic mass is 9.94. The van der Waals surface area contributed by atoms with Gasteiger partial charge in [-0.15, -0.1) is 0 Å². The summed E-state index contributed by atoms with van der Waals surface area (Å²) in [4.78, 5) is 42.5. The van der Waals surface area contributed by atoms with Gasteiger partial charge in [0.05, 0.1) is 22.1 Å². The molecule has 12 heteroatoms. The minimum absolute atomic E-state index is 0.118. The van der Waals surface area contributed by atoms with Gasteiger partial charge < -0.3 is 21.3 Å². The summed E-state index contributed by atoms with van der Waals surface area (Å²) < 4.78 is 4.11. The zero-order chi connectivity index (χ0) is 33.7. The molecule has 0 spiro atoms. The molecule has 2 aliphatic carbocycles. The van der Waals surface area contributed by atoms with Crippen molar-refractivity contribution in [2.24, 2.45) is 0 Å². The van der Waals surface area contributed by atoms with E-state index in [0.29, 0.717) is 23.5 Å². The number of imidazole rings is 2. The predicted molar refractivity (Wildman–Crippen MR) is 197 cm³/mol. The number of carbonyl (C=O) groups excluding carboxylic acids is 2. The molecule has 10 nitrogen and oxygen atoms in total. The van der Waals surface area contributed by atoms with Crippen molar-refractivity contribution in [1.29, 1.82) is 0 Å². The molecule has 0 saturated heterocycles. The SMILES string of the molecule is Cc1c(C(=O)N(C)C2CCCCC2)sc2nc3ccc(N)cc3n12.Cc1c(C(=O)N(C)C2CCCCC2)sc2nc3ccc(N)cc3n12. The number of carbonyl (C=O) groups is 2. The summed E-state index contributed by atoms with van der Waals surface area (Å²) >= 11 is 2.95. The summed E-state index contributed by atoms with van der Waals surface area (Å²) in [5.41, 5.74) is 18.9. The summed E-state index contributed by atoms with van der Waals surface area (Å²) in [5.74, 6) is 0.235. The molecular weight excluding hydrogens is 641 g/mol. The van der Waals surface area contributed by atoms with Crippen molar-refractivity contribution < 1.29 is 9.59 Å². The fourth-order valence-electron chi connectivity index (χ4n) is 7.44. The van der Waals surface area contributed by atoms with Crippen molar-refractivity contribution in [2.45, 2.75) is 90.1 Å². The number of nitrogens with two attached hydrogens (primary N) is 2. The topological polar surface area (TPSA) is 127 Å². The Balaban J connectivity index is 0.000000152. The molecule has 4 N–H and O–H groups in total. The quantitative estimate of drug-likeness (QED) is 0.183. The van der Waals surface area contributed by atoms with Crippen LogP contribution in [0.3, 0.4) is 0 Å². The van der Waals surface area contributed by atoms with E-state index < -0.39 is 0 Å². The molecule has 0 atom stereocenters. The largest absolute Gasteiger partial charge is 0.399 e. The summed E-state index contributed by atoms with van der Waals surface area (Å²) in [5, 5.41) is 0. The molecule has 252 valence electrons. The van der Waals surface area contributed by atoms with Crippen LogP contribution < -0.4 is 11.5 Å². The number of aromatic nitrogens is 4. The highest BCUT2D eigenvalue weighted by Crippen LogP contribution is 2.33. The van der Waals surface area contributed by atoms with Crippen molar-refractivity contribution in [3.8, 4) is 0 Å². The first-order valence-corrected chi connectivity index (χ1v) is 18.6. The molecule has 0 bridgehead atoms. The Bertz CT molecular complexity index is 1990. The van der Waals surface area contributed by atoms with E-state index in [1.807, 2.05) is 74.1 Å². The van der Waals surface area contributed by atoms with Gasteiger partial charge in [0.2, 0.25) is 0 Å².